The zero-order valence-corrected chi connectivity index (χ0v) is 16.8. The molecule has 0 fully saturated rings. The van der Waals surface area contributed by atoms with Gasteiger partial charge in [-0.2, -0.15) is 0 Å². The summed E-state index contributed by atoms with van der Waals surface area (Å²) in [5, 5.41) is 3.21. The first-order valence-electron chi connectivity index (χ1n) is 8.77. The SMILES string of the molecule is CCc1cc2c(=O)n(C(C)C(=O)c3ccc4c(c3)NC(=O)CO4)c(=S)[nH]c2s1. The Morgan fingerprint density at radius 1 is 1.36 bits per heavy atom. The Morgan fingerprint density at radius 2 is 2.14 bits per heavy atom. The smallest absolute Gasteiger partial charge is 0.263 e. The number of Topliss-reactive ketones (excluding diaryl/α,β-unsaturated/α-hetero) is 1. The zero-order valence-electron chi connectivity index (χ0n) is 15.2. The quantitative estimate of drug-likeness (QED) is 0.503. The third kappa shape index (κ3) is 3.06. The predicted octanol–water partition coefficient (Wildman–Crippen LogP) is 3.46. The Labute approximate surface area is 169 Å². The second kappa shape index (κ2) is 6.99. The topological polar surface area (TPSA) is 93.2 Å². The number of carbonyl (C=O) groups is 2. The van der Waals surface area contributed by atoms with Gasteiger partial charge in [0.2, 0.25) is 0 Å². The molecule has 2 aromatic heterocycles. The van der Waals surface area contributed by atoms with Crippen LogP contribution in [0.4, 0.5) is 5.69 Å². The molecule has 4 rings (SSSR count). The van der Waals surface area contributed by atoms with Crippen LogP contribution in [-0.2, 0) is 11.2 Å². The number of aromatic nitrogens is 2. The van der Waals surface area contributed by atoms with Crippen molar-refractivity contribution in [3.63, 3.8) is 0 Å². The molecule has 3 heterocycles. The van der Waals surface area contributed by atoms with Crippen molar-refractivity contribution in [3.8, 4) is 5.75 Å². The molecule has 1 amide bonds. The number of rotatable bonds is 4. The average molecular weight is 415 g/mol. The van der Waals surface area contributed by atoms with E-state index in [1.54, 1.807) is 25.1 Å². The summed E-state index contributed by atoms with van der Waals surface area (Å²) >= 11 is 6.85. The molecule has 0 spiro atoms. The Hall–Kier alpha value is -2.78. The van der Waals surface area contributed by atoms with Crippen molar-refractivity contribution in [3.05, 3.63) is 49.8 Å². The van der Waals surface area contributed by atoms with E-state index in [9.17, 15) is 14.4 Å². The average Bonchev–Trinajstić information content (AvgIpc) is 3.10. The van der Waals surface area contributed by atoms with Crippen LogP contribution in [0.3, 0.4) is 0 Å². The van der Waals surface area contributed by atoms with Gasteiger partial charge in [-0.3, -0.25) is 19.0 Å². The van der Waals surface area contributed by atoms with Crippen LogP contribution in [0.5, 0.6) is 5.75 Å². The summed E-state index contributed by atoms with van der Waals surface area (Å²) in [7, 11) is 0. The van der Waals surface area contributed by atoms with Crippen LogP contribution >= 0.6 is 23.6 Å². The standard InChI is InChI=1S/C19H17N3O4S2/c1-3-11-7-12-17(28-11)21-19(27)22(18(12)25)9(2)16(24)10-4-5-14-13(6-10)20-15(23)8-26-14/h4-7,9H,3,8H2,1-2H3,(H,20,23)(H,21,27). The number of ketones is 1. The highest BCUT2D eigenvalue weighted by Crippen LogP contribution is 2.30. The maximum atomic E-state index is 13.0. The fourth-order valence-corrected chi connectivity index (χ4v) is 4.59. The maximum absolute atomic E-state index is 13.0. The second-order valence-electron chi connectivity index (χ2n) is 6.50. The fraction of sp³-hybridized carbons (Fsp3) is 0.263. The van der Waals surface area contributed by atoms with Gasteiger partial charge in [-0.25, -0.2) is 0 Å². The van der Waals surface area contributed by atoms with Gasteiger partial charge in [-0.1, -0.05) is 6.92 Å². The zero-order chi connectivity index (χ0) is 20.0. The van der Waals surface area contributed by atoms with E-state index in [-0.39, 0.29) is 28.6 Å². The molecule has 0 saturated carbocycles. The lowest BCUT2D eigenvalue weighted by Crippen LogP contribution is -2.30. The number of aromatic amines is 1. The van der Waals surface area contributed by atoms with Crippen molar-refractivity contribution in [1.82, 2.24) is 9.55 Å². The summed E-state index contributed by atoms with van der Waals surface area (Å²) in [6.07, 6.45) is 0.816. The molecule has 1 aromatic carbocycles. The van der Waals surface area contributed by atoms with Crippen LogP contribution in [0.2, 0.25) is 0 Å². The Bertz CT molecular complexity index is 1240. The van der Waals surface area contributed by atoms with Gasteiger partial charge in [0.1, 0.15) is 10.6 Å². The highest BCUT2D eigenvalue weighted by molar-refractivity contribution is 7.71. The van der Waals surface area contributed by atoms with Crippen molar-refractivity contribution in [2.45, 2.75) is 26.3 Å². The van der Waals surface area contributed by atoms with Crippen LogP contribution in [0.1, 0.15) is 35.1 Å². The van der Waals surface area contributed by atoms with E-state index in [0.29, 0.717) is 22.4 Å². The molecular weight excluding hydrogens is 398 g/mol. The largest absolute Gasteiger partial charge is 0.482 e. The maximum Gasteiger partial charge on any atom is 0.263 e. The van der Waals surface area contributed by atoms with Gasteiger partial charge in [0, 0.05) is 10.4 Å². The Balaban J connectivity index is 1.75. The molecule has 1 unspecified atom stereocenters. The van der Waals surface area contributed by atoms with Gasteiger partial charge < -0.3 is 15.0 Å². The van der Waals surface area contributed by atoms with Gasteiger partial charge >= 0.3 is 0 Å². The summed E-state index contributed by atoms with van der Waals surface area (Å²) in [6, 6.07) is 5.84. The van der Waals surface area contributed by atoms with Crippen LogP contribution in [0.25, 0.3) is 10.2 Å². The number of ether oxygens (including phenoxy) is 1. The van der Waals surface area contributed by atoms with Crippen molar-refractivity contribution < 1.29 is 14.3 Å². The summed E-state index contributed by atoms with van der Waals surface area (Å²) in [5.74, 6) is -0.0574. The molecule has 2 N–H and O–H groups in total. The third-order valence-electron chi connectivity index (χ3n) is 4.68. The molecule has 28 heavy (non-hydrogen) atoms. The Kier molecular flexibility index (Phi) is 4.64. The van der Waals surface area contributed by atoms with E-state index in [0.717, 1.165) is 16.1 Å². The molecule has 0 saturated heterocycles. The van der Waals surface area contributed by atoms with Crippen molar-refractivity contribution in [2.75, 3.05) is 11.9 Å². The number of hydrogen-bond acceptors (Lipinski definition) is 6. The van der Waals surface area contributed by atoms with Gasteiger partial charge in [0.15, 0.2) is 17.2 Å². The molecule has 1 aliphatic heterocycles. The highest BCUT2D eigenvalue weighted by Gasteiger charge is 2.24. The number of nitrogens with zero attached hydrogens (tertiary/aromatic N) is 1. The van der Waals surface area contributed by atoms with Gasteiger partial charge in [-0.15, -0.1) is 11.3 Å². The Morgan fingerprint density at radius 3 is 2.89 bits per heavy atom. The van der Waals surface area contributed by atoms with Gasteiger partial charge in [0.25, 0.3) is 11.5 Å². The molecule has 0 aliphatic carbocycles. The van der Waals surface area contributed by atoms with Gasteiger partial charge in [-0.05, 0) is 49.8 Å². The summed E-state index contributed by atoms with van der Waals surface area (Å²) in [5.41, 5.74) is 0.510. The lowest BCUT2D eigenvalue weighted by atomic mass is 10.0. The fourth-order valence-electron chi connectivity index (χ4n) is 3.19. The van der Waals surface area contributed by atoms with Gasteiger partial charge in [0.05, 0.1) is 17.1 Å². The number of fused-ring (bicyclic) bond motifs is 2. The molecule has 144 valence electrons. The number of thiophene rings is 1. The minimum absolute atomic E-state index is 0.0539. The highest BCUT2D eigenvalue weighted by atomic mass is 32.1. The lowest BCUT2D eigenvalue weighted by molar-refractivity contribution is -0.118. The first kappa shape index (κ1) is 18.6. The first-order chi connectivity index (χ1) is 13.4. The van der Waals surface area contributed by atoms with Crippen LogP contribution in [0.15, 0.2) is 29.1 Å². The van der Waals surface area contributed by atoms with E-state index >= 15 is 0 Å². The van der Waals surface area contributed by atoms with Crippen LogP contribution in [0, 0.1) is 4.77 Å². The van der Waals surface area contributed by atoms with E-state index in [2.05, 4.69) is 10.3 Å². The molecular formula is C19H17N3O4S2. The first-order valence-corrected chi connectivity index (χ1v) is 9.99. The number of hydrogen-bond donors (Lipinski definition) is 2. The third-order valence-corrected chi connectivity index (χ3v) is 6.18. The summed E-state index contributed by atoms with van der Waals surface area (Å²) < 4.78 is 6.83. The monoisotopic (exact) mass is 415 g/mol. The summed E-state index contributed by atoms with van der Waals surface area (Å²) in [4.78, 5) is 42.4. The van der Waals surface area contributed by atoms with E-state index < -0.39 is 6.04 Å². The van der Waals surface area contributed by atoms with Crippen LogP contribution < -0.4 is 15.6 Å². The number of nitrogens with one attached hydrogen (secondary N) is 2. The van der Waals surface area contributed by atoms with E-state index in [1.807, 2.05) is 13.0 Å². The number of amides is 1. The van der Waals surface area contributed by atoms with Crippen molar-refractivity contribution in [2.24, 2.45) is 0 Å². The predicted molar refractivity (Wildman–Crippen MR) is 110 cm³/mol. The molecule has 1 atom stereocenters. The molecule has 1 aliphatic rings. The van der Waals surface area contributed by atoms with E-state index in [4.69, 9.17) is 17.0 Å². The normalized spacial score (nSPS) is 14.3. The number of H-pyrrole nitrogens is 1. The second-order valence-corrected chi connectivity index (χ2v) is 8.03. The molecule has 9 heteroatoms. The van der Waals surface area contributed by atoms with Crippen LogP contribution in [-0.4, -0.2) is 27.8 Å². The molecule has 3 aromatic rings. The van der Waals surface area contributed by atoms with Crippen molar-refractivity contribution in [1.29, 1.82) is 0 Å². The number of aryl methyl sites for hydroxylation is 1. The number of benzene rings is 1. The minimum atomic E-state index is -0.802. The number of carbonyl (C=O) groups excluding carboxylic acids is 2. The number of anilines is 1. The lowest BCUT2D eigenvalue weighted by Gasteiger charge is -2.19. The minimum Gasteiger partial charge on any atom is -0.482 e. The molecule has 0 radical (unpaired) electrons. The molecule has 7 nitrogen and oxygen atoms in total. The summed E-state index contributed by atoms with van der Waals surface area (Å²) in [6.45, 7) is 3.60. The van der Waals surface area contributed by atoms with E-state index in [1.165, 1.54) is 15.9 Å². The molecule has 0 bridgehead atoms. The van der Waals surface area contributed by atoms with Crippen molar-refractivity contribution >= 4 is 51.1 Å².